The van der Waals surface area contributed by atoms with Crippen LogP contribution in [0.5, 0.6) is 0 Å². The highest BCUT2D eigenvalue weighted by molar-refractivity contribution is 6.30. The van der Waals surface area contributed by atoms with Gasteiger partial charge in [-0.1, -0.05) is 29.8 Å². The van der Waals surface area contributed by atoms with Gasteiger partial charge in [0, 0.05) is 56.9 Å². The molecule has 0 radical (unpaired) electrons. The predicted molar refractivity (Wildman–Crippen MR) is 122 cm³/mol. The lowest BCUT2D eigenvalue weighted by atomic mass is 10.2. The molecule has 0 atom stereocenters. The zero-order chi connectivity index (χ0) is 21.2. The van der Waals surface area contributed by atoms with Crippen LogP contribution >= 0.6 is 11.6 Å². The fourth-order valence-electron chi connectivity index (χ4n) is 3.32. The van der Waals surface area contributed by atoms with Gasteiger partial charge in [0.1, 0.15) is 5.82 Å². The molecule has 0 saturated carbocycles. The van der Waals surface area contributed by atoms with E-state index >= 15 is 0 Å². The van der Waals surface area contributed by atoms with Gasteiger partial charge >= 0.3 is 0 Å². The van der Waals surface area contributed by atoms with Crippen molar-refractivity contribution in [1.82, 2.24) is 20.5 Å². The van der Waals surface area contributed by atoms with Gasteiger partial charge in [-0.3, -0.25) is 4.79 Å². The Bertz CT molecular complexity index is 837. The summed E-state index contributed by atoms with van der Waals surface area (Å²) in [4.78, 5) is 25.7. The molecule has 1 aromatic heterocycles. The molecule has 1 aromatic carbocycles. The van der Waals surface area contributed by atoms with E-state index in [4.69, 9.17) is 11.6 Å². The van der Waals surface area contributed by atoms with Gasteiger partial charge in [0.15, 0.2) is 5.96 Å². The van der Waals surface area contributed by atoms with Gasteiger partial charge < -0.3 is 20.4 Å². The third kappa shape index (κ3) is 6.62. The van der Waals surface area contributed by atoms with Gasteiger partial charge in [0.2, 0.25) is 5.91 Å². The van der Waals surface area contributed by atoms with Crippen molar-refractivity contribution < 1.29 is 4.79 Å². The average Bonchev–Trinajstić information content (AvgIpc) is 2.78. The number of benzene rings is 1. The number of rotatable bonds is 7. The molecule has 7 nitrogen and oxygen atoms in total. The number of amides is 1. The van der Waals surface area contributed by atoms with Crippen molar-refractivity contribution in [2.24, 2.45) is 4.99 Å². The largest absolute Gasteiger partial charge is 0.357 e. The lowest BCUT2D eigenvalue weighted by Crippen LogP contribution is -2.49. The van der Waals surface area contributed by atoms with E-state index in [1.165, 1.54) is 0 Å². The molecule has 1 aliphatic heterocycles. The molecule has 0 unspecified atom stereocenters. The second kappa shape index (κ2) is 11.4. The van der Waals surface area contributed by atoms with E-state index in [-0.39, 0.29) is 5.91 Å². The SMILES string of the molecule is CCNC(=NCc1cccc(Cl)c1)NCCC(=O)N1CCN(c2ccccn2)CC1. The lowest BCUT2D eigenvalue weighted by molar-refractivity contribution is -0.131. The topological polar surface area (TPSA) is 72.9 Å². The van der Waals surface area contributed by atoms with Crippen LogP contribution in [-0.4, -0.2) is 61.0 Å². The number of guanidine groups is 1. The first kappa shape index (κ1) is 21.9. The molecule has 1 fully saturated rings. The van der Waals surface area contributed by atoms with E-state index in [9.17, 15) is 4.79 Å². The number of nitrogens with one attached hydrogen (secondary N) is 2. The maximum Gasteiger partial charge on any atom is 0.224 e. The molecule has 3 rings (SSSR count). The van der Waals surface area contributed by atoms with Crippen LogP contribution in [0.3, 0.4) is 0 Å². The van der Waals surface area contributed by atoms with E-state index in [0.717, 1.165) is 44.1 Å². The minimum Gasteiger partial charge on any atom is -0.357 e. The summed E-state index contributed by atoms with van der Waals surface area (Å²) in [6.45, 7) is 6.89. The second-order valence-electron chi connectivity index (χ2n) is 7.06. The number of aromatic nitrogens is 1. The van der Waals surface area contributed by atoms with Gasteiger partial charge in [-0.05, 0) is 36.8 Å². The lowest BCUT2D eigenvalue weighted by Gasteiger charge is -2.35. The molecule has 0 bridgehead atoms. The maximum atomic E-state index is 12.6. The fourth-order valence-corrected chi connectivity index (χ4v) is 3.53. The Labute approximate surface area is 183 Å². The Balaban J connectivity index is 1.42. The van der Waals surface area contributed by atoms with Crippen LogP contribution in [0.15, 0.2) is 53.7 Å². The number of hydrogen-bond donors (Lipinski definition) is 2. The maximum absolute atomic E-state index is 12.6. The fraction of sp³-hybridized carbons (Fsp3) is 0.409. The third-order valence-corrected chi connectivity index (χ3v) is 5.13. The van der Waals surface area contributed by atoms with Gasteiger partial charge in [0.05, 0.1) is 6.54 Å². The van der Waals surface area contributed by atoms with Crippen LogP contribution < -0.4 is 15.5 Å². The predicted octanol–water partition coefficient (Wildman–Crippen LogP) is 2.53. The van der Waals surface area contributed by atoms with Crippen LogP contribution in [0, 0.1) is 0 Å². The van der Waals surface area contributed by atoms with Gasteiger partial charge in [0.25, 0.3) is 0 Å². The van der Waals surface area contributed by atoms with Crippen molar-refractivity contribution >= 4 is 29.3 Å². The van der Waals surface area contributed by atoms with Crippen molar-refractivity contribution in [3.63, 3.8) is 0 Å². The van der Waals surface area contributed by atoms with E-state index < -0.39 is 0 Å². The Hall–Kier alpha value is -2.80. The van der Waals surface area contributed by atoms with Crippen molar-refractivity contribution in [1.29, 1.82) is 0 Å². The average molecular weight is 429 g/mol. The monoisotopic (exact) mass is 428 g/mol. The van der Waals surface area contributed by atoms with E-state index in [1.807, 2.05) is 54.3 Å². The van der Waals surface area contributed by atoms with Crippen LogP contribution in [0.2, 0.25) is 5.02 Å². The van der Waals surface area contributed by atoms with Crippen molar-refractivity contribution in [2.75, 3.05) is 44.2 Å². The Morgan fingerprint density at radius 1 is 1.13 bits per heavy atom. The minimum absolute atomic E-state index is 0.161. The number of anilines is 1. The molecule has 0 aliphatic carbocycles. The van der Waals surface area contributed by atoms with Gasteiger partial charge in [-0.25, -0.2) is 9.98 Å². The summed E-state index contributed by atoms with van der Waals surface area (Å²) >= 11 is 6.03. The van der Waals surface area contributed by atoms with Crippen LogP contribution in [0.1, 0.15) is 18.9 Å². The molecule has 2 heterocycles. The van der Waals surface area contributed by atoms with E-state index in [0.29, 0.717) is 30.5 Å². The highest BCUT2D eigenvalue weighted by atomic mass is 35.5. The smallest absolute Gasteiger partial charge is 0.224 e. The molecule has 2 N–H and O–H groups in total. The Morgan fingerprint density at radius 3 is 2.67 bits per heavy atom. The zero-order valence-electron chi connectivity index (χ0n) is 17.4. The summed E-state index contributed by atoms with van der Waals surface area (Å²) in [6, 6.07) is 13.6. The molecule has 1 saturated heterocycles. The summed E-state index contributed by atoms with van der Waals surface area (Å²) in [5, 5.41) is 7.16. The summed E-state index contributed by atoms with van der Waals surface area (Å²) in [7, 11) is 0. The first-order chi connectivity index (χ1) is 14.7. The third-order valence-electron chi connectivity index (χ3n) is 4.89. The first-order valence-electron chi connectivity index (χ1n) is 10.4. The summed E-state index contributed by atoms with van der Waals surface area (Å²) in [6.07, 6.45) is 2.24. The van der Waals surface area contributed by atoms with Gasteiger partial charge in [-0.15, -0.1) is 0 Å². The molecule has 30 heavy (non-hydrogen) atoms. The number of hydrogen-bond acceptors (Lipinski definition) is 4. The number of carbonyl (C=O) groups is 1. The molecule has 2 aromatic rings. The quantitative estimate of drug-likeness (QED) is 0.523. The van der Waals surface area contributed by atoms with Crippen molar-refractivity contribution in [3.8, 4) is 0 Å². The molecular weight excluding hydrogens is 400 g/mol. The van der Waals surface area contributed by atoms with Crippen LogP contribution in [0.4, 0.5) is 5.82 Å². The van der Waals surface area contributed by atoms with Gasteiger partial charge in [-0.2, -0.15) is 0 Å². The number of piperazine rings is 1. The Kier molecular flexibility index (Phi) is 8.32. The van der Waals surface area contributed by atoms with Crippen LogP contribution in [0.25, 0.3) is 0 Å². The van der Waals surface area contributed by atoms with E-state index in [2.05, 4.69) is 25.5 Å². The minimum atomic E-state index is 0.161. The number of carbonyl (C=O) groups excluding carboxylic acids is 1. The number of halogens is 1. The van der Waals surface area contributed by atoms with Crippen LogP contribution in [-0.2, 0) is 11.3 Å². The highest BCUT2D eigenvalue weighted by Gasteiger charge is 2.21. The molecule has 160 valence electrons. The summed E-state index contributed by atoms with van der Waals surface area (Å²) < 4.78 is 0. The summed E-state index contributed by atoms with van der Waals surface area (Å²) in [5.41, 5.74) is 1.04. The standard InChI is InChI=1S/C22H29ClN6O/c1-2-24-22(27-17-18-6-5-7-19(23)16-18)26-11-9-21(30)29-14-12-28(13-15-29)20-8-3-4-10-25-20/h3-8,10,16H,2,9,11-15,17H2,1H3,(H2,24,26,27). The first-order valence-corrected chi connectivity index (χ1v) is 10.7. The van der Waals surface area contributed by atoms with Crippen molar-refractivity contribution in [2.45, 2.75) is 19.9 Å². The van der Waals surface area contributed by atoms with E-state index in [1.54, 1.807) is 6.20 Å². The zero-order valence-corrected chi connectivity index (χ0v) is 18.1. The number of aliphatic imine (C=N–C) groups is 1. The van der Waals surface area contributed by atoms with Crippen molar-refractivity contribution in [3.05, 3.63) is 59.2 Å². The summed E-state index contributed by atoms with van der Waals surface area (Å²) in [5.74, 6) is 1.83. The number of nitrogens with zero attached hydrogens (tertiary/aromatic N) is 4. The number of pyridine rings is 1. The molecular formula is C22H29ClN6O. The highest BCUT2D eigenvalue weighted by Crippen LogP contribution is 2.13. The molecule has 1 aliphatic rings. The molecule has 1 amide bonds. The Morgan fingerprint density at radius 2 is 1.97 bits per heavy atom. The molecule has 0 spiro atoms. The normalized spacial score (nSPS) is 14.5. The molecule has 8 heteroatoms. The second-order valence-corrected chi connectivity index (χ2v) is 7.49.